The third-order valence-corrected chi connectivity index (χ3v) is 6.35. The Morgan fingerprint density at radius 3 is 2.46 bits per heavy atom. The Balaban J connectivity index is 2.42. The molecule has 12 heteroatoms. The van der Waals surface area contributed by atoms with Gasteiger partial charge in [0.25, 0.3) is 5.69 Å². The Bertz CT molecular complexity index is 1170. The molecule has 0 unspecified atom stereocenters. The van der Waals surface area contributed by atoms with E-state index < -0.39 is 33.4 Å². The summed E-state index contributed by atoms with van der Waals surface area (Å²) in [5.74, 6) is -0.472. The van der Waals surface area contributed by atoms with Gasteiger partial charge in [0.05, 0.1) is 24.0 Å². The first kappa shape index (κ1) is 27.6. The molecule has 35 heavy (non-hydrogen) atoms. The molecule has 2 amide bonds. The quantitative estimate of drug-likeness (QED) is 0.344. The first-order valence-corrected chi connectivity index (χ1v) is 12.7. The van der Waals surface area contributed by atoms with Crippen molar-refractivity contribution in [1.29, 1.82) is 0 Å². The molecule has 190 valence electrons. The topological polar surface area (TPSA) is 139 Å². The average Bonchev–Trinajstić information content (AvgIpc) is 2.83. The number of amides is 2. The molecular formula is C23H30N4O7S. The molecule has 0 heterocycles. The zero-order valence-electron chi connectivity index (χ0n) is 20.1. The highest BCUT2D eigenvalue weighted by Crippen LogP contribution is 2.24. The van der Waals surface area contributed by atoms with Gasteiger partial charge in [0.2, 0.25) is 21.8 Å². The van der Waals surface area contributed by atoms with E-state index in [1.165, 1.54) is 30.2 Å². The van der Waals surface area contributed by atoms with Crippen LogP contribution in [0.5, 0.6) is 5.75 Å². The van der Waals surface area contributed by atoms with Crippen LogP contribution < -0.4 is 14.4 Å². The Kier molecular flexibility index (Phi) is 9.58. The predicted octanol–water partition coefficient (Wildman–Crippen LogP) is 2.31. The van der Waals surface area contributed by atoms with Gasteiger partial charge in [-0.2, -0.15) is 0 Å². The molecule has 2 aromatic carbocycles. The maximum atomic E-state index is 13.4. The maximum absolute atomic E-state index is 13.4. The van der Waals surface area contributed by atoms with Crippen LogP contribution >= 0.6 is 0 Å². The number of rotatable bonds is 12. The Morgan fingerprint density at radius 2 is 1.86 bits per heavy atom. The number of ether oxygens (including phenoxy) is 1. The lowest BCUT2D eigenvalue weighted by atomic mass is 10.1. The lowest BCUT2D eigenvalue weighted by Crippen LogP contribution is -2.51. The average molecular weight is 507 g/mol. The summed E-state index contributed by atoms with van der Waals surface area (Å²) in [6, 6.07) is 11.0. The minimum atomic E-state index is -3.99. The van der Waals surface area contributed by atoms with Gasteiger partial charge in [-0.05, 0) is 37.1 Å². The molecular weight excluding hydrogens is 476 g/mol. The molecule has 0 radical (unpaired) electrons. The van der Waals surface area contributed by atoms with Crippen LogP contribution in [-0.4, -0.2) is 62.6 Å². The van der Waals surface area contributed by atoms with Crippen molar-refractivity contribution >= 4 is 33.2 Å². The van der Waals surface area contributed by atoms with Gasteiger partial charge in [0, 0.05) is 25.2 Å². The number of nitro benzene ring substituents is 1. The number of carbonyl (C=O) groups is 2. The lowest BCUT2D eigenvalue weighted by Gasteiger charge is -2.31. The summed E-state index contributed by atoms with van der Waals surface area (Å²) in [7, 11) is -2.48. The second kappa shape index (κ2) is 12.2. The van der Waals surface area contributed by atoms with E-state index in [1.807, 2.05) is 6.92 Å². The van der Waals surface area contributed by atoms with Gasteiger partial charge >= 0.3 is 0 Å². The molecule has 0 fully saturated rings. The minimum absolute atomic E-state index is 0.0171. The lowest BCUT2D eigenvalue weighted by molar-refractivity contribution is -0.384. The summed E-state index contributed by atoms with van der Waals surface area (Å²) < 4.78 is 31.1. The highest BCUT2D eigenvalue weighted by Gasteiger charge is 2.30. The van der Waals surface area contributed by atoms with Crippen molar-refractivity contribution in [3.63, 3.8) is 0 Å². The van der Waals surface area contributed by atoms with Gasteiger partial charge < -0.3 is 15.0 Å². The summed E-state index contributed by atoms with van der Waals surface area (Å²) in [5, 5.41) is 13.9. The number of anilines is 1. The highest BCUT2D eigenvalue weighted by atomic mass is 32.2. The van der Waals surface area contributed by atoms with E-state index in [0.717, 1.165) is 16.6 Å². The SMILES string of the molecule is CCCNC(=O)[C@@H](C)N(Cc1cccc(OC)c1)C(=O)CN(c1cccc([N+](=O)[O-])c1)S(C)(=O)=O. The van der Waals surface area contributed by atoms with E-state index in [1.54, 1.807) is 31.2 Å². The number of nitro groups is 1. The number of methoxy groups -OCH3 is 1. The first-order valence-electron chi connectivity index (χ1n) is 10.9. The van der Waals surface area contributed by atoms with Crippen molar-refractivity contribution in [3.05, 3.63) is 64.2 Å². The van der Waals surface area contributed by atoms with Crippen LogP contribution in [0.25, 0.3) is 0 Å². The van der Waals surface area contributed by atoms with Crippen molar-refractivity contribution in [2.75, 3.05) is 30.8 Å². The van der Waals surface area contributed by atoms with Crippen LogP contribution in [-0.2, 0) is 26.2 Å². The summed E-state index contributed by atoms with van der Waals surface area (Å²) in [6.07, 6.45) is 1.61. The third kappa shape index (κ3) is 7.67. The van der Waals surface area contributed by atoms with Gasteiger partial charge in [0.15, 0.2) is 0 Å². The van der Waals surface area contributed by atoms with Crippen molar-refractivity contribution in [2.45, 2.75) is 32.9 Å². The first-order chi connectivity index (χ1) is 16.5. The molecule has 1 N–H and O–H groups in total. The second-order valence-electron chi connectivity index (χ2n) is 7.89. The largest absolute Gasteiger partial charge is 0.497 e. The Labute approximate surface area is 204 Å². The van der Waals surface area contributed by atoms with E-state index >= 15 is 0 Å². The van der Waals surface area contributed by atoms with Crippen LogP contribution in [0.15, 0.2) is 48.5 Å². The monoisotopic (exact) mass is 506 g/mol. The van der Waals surface area contributed by atoms with Crippen LogP contribution in [0.1, 0.15) is 25.8 Å². The van der Waals surface area contributed by atoms with E-state index in [9.17, 15) is 28.1 Å². The fraction of sp³-hybridized carbons (Fsp3) is 0.391. The van der Waals surface area contributed by atoms with Crippen molar-refractivity contribution in [2.24, 2.45) is 0 Å². The summed E-state index contributed by atoms with van der Waals surface area (Å²) >= 11 is 0. The molecule has 1 atom stereocenters. The van der Waals surface area contributed by atoms with Crippen LogP contribution in [0.4, 0.5) is 11.4 Å². The Morgan fingerprint density at radius 1 is 1.17 bits per heavy atom. The normalized spacial score (nSPS) is 11.9. The second-order valence-corrected chi connectivity index (χ2v) is 9.79. The Hall–Kier alpha value is -3.67. The van der Waals surface area contributed by atoms with Crippen LogP contribution in [0.2, 0.25) is 0 Å². The van der Waals surface area contributed by atoms with E-state index in [2.05, 4.69) is 5.32 Å². The molecule has 0 aliphatic rings. The number of benzene rings is 2. The predicted molar refractivity (Wildman–Crippen MR) is 132 cm³/mol. The highest BCUT2D eigenvalue weighted by molar-refractivity contribution is 7.92. The van der Waals surface area contributed by atoms with Gasteiger partial charge in [-0.15, -0.1) is 0 Å². The summed E-state index contributed by atoms with van der Waals surface area (Å²) in [5.41, 5.74) is 0.331. The zero-order valence-corrected chi connectivity index (χ0v) is 20.9. The van der Waals surface area contributed by atoms with Crippen LogP contribution in [0.3, 0.4) is 0 Å². The molecule has 0 aliphatic carbocycles. The molecule has 11 nitrogen and oxygen atoms in total. The van der Waals surface area contributed by atoms with E-state index in [0.29, 0.717) is 24.3 Å². The zero-order chi connectivity index (χ0) is 26.2. The van der Waals surface area contributed by atoms with Gasteiger partial charge in [-0.3, -0.25) is 24.0 Å². The summed E-state index contributed by atoms with van der Waals surface area (Å²) in [4.78, 5) is 37.9. The van der Waals surface area contributed by atoms with Crippen molar-refractivity contribution in [1.82, 2.24) is 10.2 Å². The molecule has 0 bridgehead atoms. The van der Waals surface area contributed by atoms with Crippen molar-refractivity contribution in [3.8, 4) is 5.75 Å². The van der Waals surface area contributed by atoms with Gasteiger partial charge in [-0.1, -0.05) is 25.1 Å². The number of carbonyl (C=O) groups excluding carboxylic acids is 2. The standard InChI is InChI=1S/C23H30N4O7S/c1-5-12-24-23(29)17(2)25(15-18-8-6-11-21(13-18)34-3)22(28)16-26(35(4,32)33)19-9-7-10-20(14-19)27(30)31/h6-11,13-14,17H,5,12,15-16H2,1-4H3,(H,24,29)/t17-/m1/s1. The molecule has 0 aliphatic heterocycles. The van der Waals surface area contributed by atoms with E-state index in [4.69, 9.17) is 4.74 Å². The van der Waals surface area contributed by atoms with Gasteiger partial charge in [0.1, 0.15) is 18.3 Å². The third-order valence-electron chi connectivity index (χ3n) is 5.21. The molecule has 2 rings (SSSR count). The van der Waals surface area contributed by atoms with Crippen molar-refractivity contribution < 1.29 is 27.7 Å². The number of non-ortho nitro benzene ring substituents is 1. The molecule has 0 spiro atoms. The number of hydrogen-bond donors (Lipinski definition) is 1. The van der Waals surface area contributed by atoms with E-state index in [-0.39, 0.29) is 23.8 Å². The molecule has 2 aromatic rings. The minimum Gasteiger partial charge on any atom is -0.497 e. The number of sulfonamides is 1. The molecule has 0 saturated heterocycles. The smallest absolute Gasteiger partial charge is 0.271 e. The van der Waals surface area contributed by atoms with Gasteiger partial charge in [-0.25, -0.2) is 8.42 Å². The number of hydrogen-bond acceptors (Lipinski definition) is 7. The number of nitrogens with zero attached hydrogens (tertiary/aromatic N) is 3. The maximum Gasteiger partial charge on any atom is 0.271 e. The molecule has 0 aromatic heterocycles. The fourth-order valence-corrected chi connectivity index (χ4v) is 4.16. The summed E-state index contributed by atoms with van der Waals surface area (Å²) in [6.45, 7) is 3.25. The fourth-order valence-electron chi connectivity index (χ4n) is 3.32. The number of nitrogens with one attached hydrogen (secondary N) is 1. The van der Waals surface area contributed by atoms with Crippen LogP contribution in [0, 0.1) is 10.1 Å². The molecule has 0 saturated carbocycles.